The van der Waals surface area contributed by atoms with Gasteiger partial charge in [-0.3, -0.25) is 9.59 Å². The second kappa shape index (κ2) is 8.11. The number of nitrogens with one attached hydrogen (secondary N) is 2. The number of aliphatic hydroxyl groups is 1. The molecule has 160 valence electrons. The van der Waals surface area contributed by atoms with Crippen molar-refractivity contribution in [2.75, 3.05) is 18.7 Å². The zero-order valence-electron chi connectivity index (χ0n) is 15.6. The van der Waals surface area contributed by atoms with E-state index in [1.807, 2.05) is 0 Å². The van der Waals surface area contributed by atoms with Crippen molar-refractivity contribution < 1.29 is 42.1 Å². The van der Waals surface area contributed by atoms with Gasteiger partial charge in [0.05, 0.1) is 6.54 Å². The van der Waals surface area contributed by atoms with E-state index in [1.54, 1.807) is 18.2 Å². The first kappa shape index (κ1) is 21.2. The van der Waals surface area contributed by atoms with Gasteiger partial charge in [-0.2, -0.15) is 0 Å². The van der Waals surface area contributed by atoms with Gasteiger partial charge in [0.1, 0.15) is 11.4 Å². The highest BCUT2D eigenvalue weighted by Gasteiger charge is 2.31. The summed E-state index contributed by atoms with van der Waals surface area (Å²) in [5.74, 6) is -1.57. The number of amides is 2. The van der Waals surface area contributed by atoms with Crippen molar-refractivity contribution in [3.63, 3.8) is 0 Å². The molecule has 3 N–H and O–H groups in total. The van der Waals surface area contributed by atoms with E-state index in [0.29, 0.717) is 17.1 Å². The van der Waals surface area contributed by atoms with E-state index in [4.69, 9.17) is 9.47 Å². The summed E-state index contributed by atoms with van der Waals surface area (Å²) in [5, 5.41) is 15.2. The SMILES string of the molecule is C[C@@](O)(CNC(=O)C(=O)Nc1ccc(OC(F)(F)F)cc1)c1ccc2c(c1)OCO2. The molecule has 2 amide bonds. The molecular formula is C19H17F3N2O6. The van der Waals surface area contributed by atoms with Crippen molar-refractivity contribution in [3.05, 3.63) is 48.0 Å². The van der Waals surface area contributed by atoms with Crippen LogP contribution in [0.1, 0.15) is 12.5 Å². The number of anilines is 1. The first-order chi connectivity index (χ1) is 14.0. The van der Waals surface area contributed by atoms with Crippen molar-refractivity contribution in [2.24, 2.45) is 0 Å². The predicted molar refractivity (Wildman–Crippen MR) is 96.9 cm³/mol. The maximum Gasteiger partial charge on any atom is 0.573 e. The first-order valence-corrected chi connectivity index (χ1v) is 8.61. The van der Waals surface area contributed by atoms with Crippen molar-refractivity contribution in [2.45, 2.75) is 18.9 Å². The molecule has 1 heterocycles. The lowest BCUT2D eigenvalue weighted by Gasteiger charge is -2.24. The molecule has 0 unspecified atom stereocenters. The molecule has 1 atom stereocenters. The van der Waals surface area contributed by atoms with Gasteiger partial charge in [-0.15, -0.1) is 13.2 Å². The van der Waals surface area contributed by atoms with E-state index in [0.717, 1.165) is 24.3 Å². The minimum atomic E-state index is -4.83. The minimum Gasteiger partial charge on any atom is -0.454 e. The highest BCUT2D eigenvalue weighted by Crippen LogP contribution is 2.35. The van der Waals surface area contributed by atoms with Crippen LogP contribution in [0.2, 0.25) is 0 Å². The van der Waals surface area contributed by atoms with Crippen LogP contribution < -0.4 is 24.8 Å². The van der Waals surface area contributed by atoms with E-state index >= 15 is 0 Å². The predicted octanol–water partition coefficient (Wildman–Crippen LogP) is 2.28. The fourth-order valence-corrected chi connectivity index (χ4v) is 2.59. The maximum atomic E-state index is 12.1. The Morgan fingerprint density at radius 1 is 1.07 bits per heavy atom. The molecule has 0 bridgehead atoms. The van der Waals surface area contributed by atoms with Gasteiger partial charge in [0.15, 0.2) is 11.5 Å². The van der Waals surface area contributed by atoms with Gasteiger partial charge < -0.3 is 30.0 Å². The van der Waals surface area contributed by atoms with Crippen LogP contribution in [0.15, 0.2) is 42.5 Å². The van der Waals surface area contributed by atoms with Gasteiger partial charge in [0, 0.05) is 5.69 Å². The molecule has 2 aromatic rings. The van der Waals surface area contributed by atoms with Gasteiger partial charge in [-0.25, -0.2) is 0 Å². The third kappa shape index (κ3) is 5.32. The summed E-state index contributed by atoms with van der Waals surface area (Å²) in [6.07, 6.45) is -4.83. The third-order valence-electron chi connectivity index (χ3n) is 4.14. The fourth-order valence-electron chi connectivity index (χ4n) is 2.59. The molecule has 0 spiro atoms. The highest BCUT2D eigenvalue weighted by molar-refractivity contribution is 6.39. The summed E-state index contributed by atoms with van der Waals surface area (Å²) >= 11 is 0. The van der Waals surface area contributed by atoms with Crippen LogP contribution in [0, 0.1) is 0 Å². The Morgan fingerprint density at radius 3 is 2.40 bits per heavy atom. The smallest absolute Gasteiger partial charge is 0.454 e. The Labute approximate surface area is 168 Å². The Bertz CT molecular complexity index is 944. The van der Waals surface area contributed by atoms with Crippen molar-refractivity contribution >= 4 is 17.5 Å². The Kier molecular flexibility index (Phi) is 5.74. The molecule has 2 aromatic carbocycles. The lowest BCUT2D eigenvalue weighted by atomic mass is 9.95. The second-order valence-corrected chi connectivity index (χ2v) is 6.55. The zero-order chi connectivity index (χ0) is 21.9. The van der Waals surface area contributed by atoms with E-state index in [9.17, 15) is 27.9 Å². The summed E-state index contributed by atoms with van der Waals surface area (Å²) < 4.78 is 50.6. The molecule has 0 saturated carbocycles. The standard InChI is InChI=1S/C19H17F3N2O6/c1-18(27,11-2-7-14-15(8-11)29-10-28-14)9-23-16(25)17(26)24-12-3-5-13(6-4-12)30-19(20,21)22/h2-8,27H,9-10H2,1H3,(H,23,25)(H,24,26)/t18-/m1/s1. The summed E-state index contributed by atoms with van der Waals surface area (Å²) in [6, 6.07) is 9.07. The molecule has 0 saturated heterocycles. The van der Waals surface area contributed by atoms with Crippen LogP contribution in [0.5, 0.6) is 17.2 Å². The Morgan fingerprint density at radius 2 is 1.73 bits per heavy atom. The average Bonchev–Trinajstić information content (AvgIpc) is 3.14. The number of alkyl halides is 3. The minimum absolute atomic E-state index is 0.0706. The van der Waals surface area contributed by atoms with E-state index < -0.39 is 29.5 Å². The molecule has 0 aromatic heterocycles. The summed E-state index contributed by atoms with van der Waals surface area (Å²) in [5.41, 5.74) is -0.979. The number of rotatable bonds is 5. The van der Waals surface area contributed by atoms with E-state index in [-0.39, 0.29) is 19.0 Å². The molecule has 1 aliphatic rings. The third-order valence-corrected chi connectivity index (χ3v) is 4.14. The molecule has 1 aliphatic heterocycles. The van der Waals surface area contributed by atoms with Gasteiger partial charge >= 0.3 is 18.2 Å². The molecule has 3 rings (SSSR count). The largest absolute Gasteiger partial charge is 0.573 e. The second-order valence-electron chi connectivity index (χ2n) is 6.55. The van der Waals surface area contributed by atoms with Gasteiger partial charge in [0.2, 0.25) is 6.79 Å². The normalized spacial score (nSPS) is 14.6. The van der Waals surface area contributed by atoms with Gasteiger partial charge in [-0.1, -0.05) is 6.07 Å². The van der Waals surface area contributed by atoms with Crippen LogP contribution in [-0.4, -0.2) is 36.6 Å². The average molecular weight is 426 g/mol. The highest BCUT2D eigenvalue weighted by atomic mass is 19.4. The number of benzene rings is 2. The monoisotopic (exact) mass is 426 g/mol. The molecule has 8 nitrogen and oxygen atoms in total. The maximum absolute atomic E-state index is 12.1. The van der Waals surface area contributed by atoms with Crippen LogP contribution in [-0.2, 0) is 15.2 Å². The summed E-state index contributed by atoms with van der Waals surface area (Å²) in [7, 11) is 0. The molecule has 0 fully saturated rings. The molecule has 0 aliphatic carbocycles. The van der Waals surface area contributed by atoms with Crippen LogP contribution in [0.4, 0.5) is 18.9 Å². The zero-order valence-corrected chi connectivity index (χ0v) is 15.6. The number of fused-ring (bicyclic) bond motifs is 1. The molecule has 0 radical (unpaired) electrons. The number of ether oxygens (including phenoxy) is 3. The fraction of sp³-hybridized carbons (Fsp3) is 0.263. The van der Waals surface area contributed by atoms with Crippen LogP contribution >= 0.6 is 0 Å². The quantitative estimate of drug-likeness (QED) is 0.634. The number of hydrogen-bond donors (Lipinski definition) is 3. The number of halogens is 3. The Balaban J connectivity index is 1.54. The number of carbonyl (C=O) groups excluding carboxylic acids is 2. The number of carbonyl (C=O) groups is 2. The number of hydrogen-bond acceptors (Lipinski definition) is 6. The van der Waals surface area contributed by atoms with Crippen LogP contribution in [0.25, 0.3) is 0 Å². The first-order valence-electron chi connectivity index (χ1n) is 8.61. The lowest BCUT2D eigenvalue weighted by molar-refractivity contribution is -0.274. The van der Waals surface area contributed by atoms with E-state index in [1.165, 1.54) is 6.92 Å². The van der Waals surface area contributed by atoms with Crippen molar-refractivity contribution in [3.8, 4) is 17.2 Å². The van der Waals surface area contributed by atoms with Gasteiger partial charge in [-0.05, 0) is 48.9 Å². The van der Waals surface area contributed by atoms with Crippen molar-refractivity contribution in [1.29, 1.82) is 0 Å². The van der Waals surface area contributed by atoms with E-state index in [2.05, 4.69) is 15.4 Å². The van der Waals surface area contributed by atoms with Crippen LogP contribution in [0.3, 0.4) is 0 Å². The topological polar surface area (TPSA) is 106 Å². The van der Waals surface area contributed by atoms with Crippen molar-refractivity contribution in [1.82, 2.24) is 5.32 Å². The lowest BCUT2D eigenvalue weighted by Crippen LogP contribution is -2.43. The molecule has 30 heavy (non-hydrogen) atoms. The summed E-state index contributed by atoms with van der Waals surface area (Å²) in [4.78, 5) is 24.0. The molecular weight excluding hydrogens is 409 g/mol. The summed E-state index contributed by atoms with van der Waals surface area (Å²) in [6.45, 7) is 1.24. The van der Waals surface area contributed by atoms with Gasteiger partial charge in [0.25, 0.3) is 0 Å². The Hall–Kier alpha value is -3.47. The molecule has 11 heteroatoms.